The molecule has 0 fully saturated rings. The Balaban J connectivity index is 2.80. The molecule has 7 heteroatoms. The van der Waals surface area contributed by atoms with Crippen molar-refractivity contribution in [3.05, 3.63) is 10.0 Å². The fraction of sp³-hybridized carbons (Fsp3) is 0.556. The Kier molecular flexibility index (Phi) is 4.98. The summed E-state index contributed by atoms with van der Waals surface area (Å²) in [6, 6.07) is -0.0901. The minimum absolute atomic E-state index is 0.00125. The molecular weight excluding hydrogens is 252 g/mol. The van der Waals surface area contributed by atoms with Gasteiger partial charge in [-0.1, -0.05) is 29.9 Å². The Hall–Kier alpha value is -0.850. The van der Waals surface area contributed by atoms with Crippen molar-refractivity contribution in [2.24, 2.45) is 0 Å². The highest BCUT2D eigenvalue weighted by Crippen LogP contribution is 2.28. The van der Waals surface area contributed by atoms with Crippen LogP contribution in [0.3, 0.4) is 0 Å². The van der Waals surface area contributed by atoms with Crippen LogP contribution in [0, 0.1) is 0 Å². The summed E-state index contributed by atoms with van der Waals surface area (Å²) in [4.78, 5) is 15.5. The first-order chi connectivity index (χ1) is 7.62. The average Bonchev–Trinajstić information content (AvgIpc) is 2.66. The maximum absolute atomic E-state index is 11.3. The van der Waals surface area contributed by atoms with E-state index in [1.54, 1.807) is 0 Å². The largest absolute Gasteiger partial charge is 0.465 e. The number of aliphatic hydroxyl groups is 1. The van der Waals surface area contributed by atoms with Gasteiger partial charge in [0.2, 0.25) is 0 Å². The van der Waals surface area contributed by atoms with Gasteiger partial charge in [0.15, 0.2) is 15.2 Å². The third kappa shape index (κ3) is 3.07. The number of hydrogen-bond donors (Lipinski definition) is 2. The van der Waals surface area contributed by atoms with E-state index in [1.165, 1.54) is 7.11 Å². The standard InChI is InChI=1S/C9H13ClN2O3S/c1-3-5(4-13)11-9-12-7(10)6(16-9)8(14)15-2/h5,13H,3-4H2,1-2H3,(H,11,12). The van der Waals surface area contributed by atoms with E-state index >= 15 is 0 Å². The second-order valence-electron chi connectivity index (χ2n) is 3.06. The fourth-order valence-corrected chi connectivity index (χ4v) is 2.21. The van der Waals surface area contributed by atoms with E-state index in [-0.39, 0.29) is 22.7 Å². The molecule has 0 saturated carbocycles. The van der Waals surface area contributed by atoms with Crippen molar-refractivity contribution in [2.45, 2.75) is 19.4 Å². The van der Waals surface area contributed by atoms with E-state index < -0.39 is 5.97 Å². The predicted molar refractivity (Wildman–Crippen MR) is 63.3 cm³/mol. The summed E-state index contributed by atoms with van der Waals surface area (Å²) >= 11 is 6.90. The molecule has 0 bridgehead atoms. The number of esters is 1. The van der Waals surface area contributed by atoms with Gasteiger partial charge in [0.25, 0.3) is 0 Å². The molecule has 0 spiro atoms. The van der Waals surface area contributed by atoms with Crippen LogP contribution in [0.5, 0.6) is 0 Å². The molecular formula is C9H13ClN2O3S. The summed E-state index contributed by atoms with van der Waals surface area (Å²) in [5, 5.41) is 12.6. The van der Waals surface area contributed by atoms with Gasteiger partial charge in [-0.05, 0) is 6.42 Å². The highest BCUT2D eigenvalue weighted by molar-refractivity contribution is 7.18. The highest BCUT2D eigenvalue weighted by atomic mass is 35.5. The van der Waals surface area contributed by atoms with E-state index in [9.17, 15) is 4.79 Å². The third-order valence-electron chi connectivity index (χ3n) is 2.00. The monoisotopic (exact) mass is 264 g/mol. The Morgan fingerprint density at radius 2 is 2.44 bits per heavy atom. The number of rotatable bonds is 5. The van der Waals surface area contributed by atoms with Crippen LogP contribution in [0.1, 0.15) is 23.0 Å². The predicted octanol–water partition coefficient (Wildman–Crippen LogP) is 1.77. The number of hydrogen-bond acceptors (Lipinski definition) is 6. The molecule has 1 aromatic rings. The quantitative estimate of drug-likeness (QED) is 0.793. The van der Waals surface area contributed by atoms with Crippen molar-refractivity contribution >= 4 is 34.0 Å². The number of aromatic nitrogens is 1. The maximum atomic E-state index is 11.3. The first-order valence-electron chi connectivity index (χ1n) is 4.74. The number of aliphatic hydroxyl groups excluding tert-OH is 1. The van der Waals surface area contributed by atoms with Crippen molar-refractivity contribution in [1.29, 1.82) is 0 Å². The molecule has 2 N–H and O–H groups in total. The molecule has 0 aliphatic carbocycles. The molecule has 1 aromatic heterocycles. The second kappa shape index (κ2) is 6.03. The lowest BCUT2D eigenvalue weighted by Gasteiger charge is -2.11. The van der Waals surface area contributed by atoms with Gasteiger partial charge >= 0.3 is 5.97 Å². The van der Waals surface area contributed by atoms with Crippen LogP contribution in [0.4, 0.5) is 5.13 Å². The molecule has 1 rings (SSSR count). The first-order valence-corrected chi connectivity index (χ1v) is 5.93. The molecule has 1 heterocycles. The summed E-state index contributed by atoms with van der Waals surface area (Å²) < 4.78 is 4.56. The second-order valence-corrected chi connectivity index (χ2v) is 4.42. The van der Waals surface area contributed by atoms with Crippen molar-refractivity contribution < 1.29 is 14.6 Å². The van der Waals surface area contributed by atoms with Gasteiger partial charge in [0.05, 0.1) is 19.8 Å². The van der Waals surface area contributed by atoms with Crippen LogP contribution >= 0.6 is 22.9 Å². The summed E-state index contributed by atoms with van der Waals surface area (Å²) in [7, 11) is 1.29. The molecule has 16 heavy (non-hydrogen) atoms. The smallest absolute Gasteiger partial charge is 0.351 e. The summed E-state index contributed by atoms with van der Waals surface area (Å²) in [6.45, 7) is 1.94. The van der Waals surface area contributed by atoms with E-state index in [4.69, 9.17) is 16.7 Å². The van der Waals surface area contributed by atoms with E-state index in [0.29, 0.717) is 5.13 Å². The lowest BCUT2D eigenvalue weighted by Crippen LogP contribution is -2.22. The third-order valence-corrected chi connectivity index (χ3v) is 3.35. The zero-order valence-corrected chi connectivity index (χ0v) is 10.6. The van der Waals surface area contributed by atoms with Crippen LogP contribution < -0.4 is 5.32 Å². The normalized spacial score (nSPS) is 12.2. The number of carbonyl (C=O) groups is 1. The number of anilines is 1. The molecule has 0 amide bonds. The fourth-order valence-electron chi connectivity index (χ4n) is 1.03. The number of halogens is 1. The molecule has 0 saturated heterocycles. The van der Waals surface area contributed by atoms with Crippen molar-refractivity contribution in [2.75, 3.05) is 19.0 Å². The Morgan fingerprint density at radius 1 is 1.75 bits per heavy atom. The number of methoxy groups -OCH3 is 1. The number of ether oxygens (including phenoxy) is 1. The van der Waals surface area contributed by atoms with Crippen LogP contribution in [0.2, 0.25) is 5.15 Å². The summed E-state index contributed by atoms with van der Waals surface area (Å²) in [5.41, 5.74) is 0. The lowest BCUT2D eigenvalue weighted by molar-refractivity contribution is 0.0606. The Morgan fingerprint density at radius 3 is 2.94 bits per heavy atom. The molecule has 0 aromatic carbocycles. The zero-order valence-electron chi connectivity index (χ0n) is 8.99. The van der Waals surface area contributed by atoms with E-state index in [2.05, 4.69) is 15.0 Å². The van der Waals surface area contributed by atoms with Gasteiger partial charge in [-0.25, -0.2) is 9.78 Å². The van der Waals surface area contributed by atoms with E-state index in [0.717, 1.165) is 17.8 Å². The van der Waals surface area contributed by atoms with Crippen molar-refractivity contribution in [3.63, 3.8) is 0 Å². The van der Waals surface area contributed by atoms with Crippen LogP contribution in [0.15, 0.2) is 0 Å². The minimum atomic E-state index is -0.507. The van der Waals surface area contributed by atoms with Gasteiger partial charge in [-0.2, -0.15) is 0 Å². The van der Waals surface area contributed by atoms with E-state index in [1.807, 2.05) is 6.92 Å². The van der Waals surface area contributed by atoms with Gasteiger partial charge in [-0.15, -0.1) is 0 Å². The zero-order chi connectivity index (χ0) is 12.1. The number of nitrogens with one attached hydrogen (secondary N) is 1. The summed E-state index contributed by atoms with van der Waals surface area (Å²) in [5.74, 6) is -0.507. The van der Waals surface area contributed by atoms with Crippen LogP contribution in [-0.4, -0.2) is 35.8 Å². The Labute approximate surface area is 102 Å². The first kappa shape index (κ1) is 13.2. The molecule has 0 radical (unpaired) electrons. The van der Waals surface area contributed by atoms with Gasteiger partial charge in [0, 0.05) is 0 Å². The number of thiazole rings is 1. The van der Waals surface area contributed by atoms with Crippen molar-refractivity contribution in [3.8, 4) is 0 Å². The minimum Gasteiger partial charge on any atom is -0.465 e. The molecule has 90 valence electrons. The van der Waals surface area contributed by atoms with Gasteiger partial charge in [-0.3, -0.25) is 0 Å². The molecule has 0 aliphatic heterocycles. The van der Waals surface area contributed by atoms with Crippen molar-refractivity contribution in [1.82, 2.24) is 4.98 Å². The molecule has 0 aliphatic rings. The highest BCUT2D eigenvalue weighted by Gasteiger charge is 2.18. The average molecular weight is 265 g/mol. The van der Waals surface area contributed by atoms with Gasteiger partial charge in [0.1, 0.15) is 0 Å². The molecule has 1 atom stereocenters. The Bertz CT molecular complexity index is 366. The topological polar surface area (TPSA) is 71.5 Å². The number of nitrogens with zero attached hydrogens (tertiary/aromatic N) is 1. The molecule has 5 nitrogen and oxygen atoms in total. The maximum Gasteiger partial charge on any atom is 0.351 e. The van der Waals surface area contributed by atoms with Gasteiger partial charge < -0.3 is 15.2 Å². The number of carbonyl (C=O) groups excluding carboxylic acids is 1. The lowest BCUT2D eigenvalue weighted by atomic mass is 10.2. The van der Waals surface area contributed by atoms with Crippen LogP contribution in [-0.2, 0) is 4.74 Å². The van der Waals surface area contributed by atoms with Crippen LogP contribution in [0.25, 0.3) is 0 Å². The molecule has 1 unspecified atom stereocenters. The summed E-state index contributed by atoms with van der Waals surface area (Å²) in [6.07, 6.45) is 0.751. The SMILES string of the molecule is CCC(CO)Nc1nc(Cl)c(C(=O)OC)s1.